The van der Waals surface area contributed by atoms with Gasteiger partial charge in [-0.3, -0.25) is 9.52 Å². The van der Waals surface area contributed by atoms with Crippen LogP contribution < -0.4 is 4.72 Å². The number of carboxylic acid groups (broad SMARTS) is 1. The summed E-state index contributed by atoms with van der Waals surface area (Å²) >= 11 is 0. The summed E-state index contributed by atoms with van der Waals surface area (Å²) in [5, 5.41) is 8.08. The molecule has 1 aromatic carbocycles. The van der Waals surface area contributed by atoms with Crippen LogP contribution in [-0.4, -0.2) is 47.7 Å². The summed E-state index contributed by atoms with van der Waals surface area (Å²) in [5.74, 6) is -1.93. The molecule has 12 heteroatoms. The van der Waals surface area contributed by atoms with Crippen LogP contribution in [0.3, 0.4) is 0 Å². The molecule has 4 rings (SSSR count). The van der Waals surface area contributed by atoms with Crippen LogP contribution in [0, 0.1) is 5.92 Å². The molecule has 1 saturated carbocycles. The van der Waals surface area contributed by atoms with E-state index in [1.807, 2.05) is 24.3 Å². The van der Waals surface area contributed by atoms with Gasteiger partial charge in [0, 0.05) is 35.8 Å². The minimum Gasteiger partial charge on any atom is -0.475 e. The number of nitrogens with one attached hydrogen (secondary N) is 2. The second-order valence-electron chi connectivity index (χ2n) is 9.09. The Morgan fingerprint density at radius 2 is 1.73 bits per heavy atom. The number of carbonyl (C=O) groups is 2. The number of pyridine rings is 1. The summed E-state index contributed by atoms with van der Waals surface area (Å²) in [6.45, 7) is 0. The van der Waals surface area contributed by atoms with E-state index in [-0.39, 0.29) is 5.78 Å². The molecule has 1 aliphatic rings. The lowest BCUT2D eigenvalue weighted by Crippen LogP contribution is -2.21. The minimum atomic E-state index is -5.08. The Bertz CT molecular complexity index is 1350. The number of aromatic nitrogens is 2. The van der Waals surface area contributed by atoms with Crippen LogP contribution in [0.1, 0.15) is 44.2 Å². The molecule has 1 aliphatic carbocycles. The third-order valence-corrected chi connectivity index (χ3v) is 6.56. The molecular weight excluding hydrogens is 511 g/mol. The van der Waals surface area contributed by atoms with E-state index in [1.54, 1.807) is 18.3 Å². The molecule has 1 fully saturated rings. The zero-order chi connectivity index (χ0) is 27.2. The number of ketones is 1. The van der Waals surface area contributed by atoms with Crippen molar-refractivity contribution in [3.8, 4) is 11.1 Å². The third-order valence-electron chi connectivity index (χ3n) is 5.96. The molecule has 0 radical (unpaired) electrons. The van der Waals surface area contributed by atoms with Crippen LogP contribution in [0.5, 0.6) is 0 Å². The number of fused-ring (bicyclic) bond motifs is 1. The van der Waals surface area contributed by atoms with E-state index < -0.39 is 22.2 Å². The van der Waals surface area contributed by atoms with Crippen molar-refractivity contribution in [3.05, 3.63) is 48.3 Å². The summed E-state index contributed by atoms with van der Waals surface area (Å²) in [5.41, 5.74) is 4.12. The second-order valence-corrected chi connectivity index (χ2v) is 10.8. The molecule has 0 amide bonds. The smallest absolute Gasteiger partial charge is 0.475 e. The molecule has 0 saturated heterocycles. The number of carboxylic acids is 1. The number of halogens is 3. The number of anilines is 1. The lowest BCUT2D eigenvalue weighted by Gasteiger charge is -2.20. The van der Waals surface area contributed by atoms with Crippen LogP contribution in [-0.2, 0) is 26.0 Å². The van der Waals surface area contributed by atoms with Gasteiger partial charge in [-0.25, -0.2) is 18.2 Å². The fraction of sp³-hybridized carbons (Fsp3) is 0.400. The van der Waals surface area contributed by atoms with Crippen LogP contribution >= 0.6 is 0 Å². The Kier molecular flexibility index (Phi) is 8.95. The number of aliphatic carboxylic acids is 1. The van der Waals surface area contributed by atoms with Gasteiger partial charge in [-0.1, -0.05) is 44.2 Å². The first kappa shape index (κ1) is 28.2. The zero-order valence-electron chi connectivity index (χ0n) is 20.1. The van der Waals surface area contributed by atoms with Gasteiger partial charge in [0.25, 0.3) is 0 Å². The Morgan fingerprint density at radius 1 is 1.11 bits per heavy atom. The highest BCUT2D eigenvalue weighted by Crippen LogP contribution is 2.30. The van der Waals surface area contributed by atoms with Gasteiger partial charge in [0.05, 0.1) is 6.26 Å². The molecule has 0 spiro atoms. The number of rotatable bonds is 7. The quantitative estimate of drug-likeness (QED) is 0.373. The summed E-state index contributed by atoms with van der Waals surface area (Å²) in [6.07, 6.45) is 5.00. The summed E-state index contributed by atoms with van der Waals surface area (Å²) < 4.78 is 57.0. The molecule has 2 heterocycles. The number of Topliss-reactive ketones (excluding diaryl/α,β-unsaturated/α-hetero) is 1. The van der Waals surface area contributed by atoms with Crippen molar-refractivity contribution in [1.29, 1.82) is 0 Å². The molecule has 0 atom stereocenters. The minimum absolute atomic E-state index is 0.284. The molecular formula is C25H28F3N3O5S. The van der Waals surface area contributed by atoms with E-state index in [1.165, 1.54) is 32.1 Å². The van der Waals surface area contributed by atoms with E-state index in [4.69, 9.17) is 9.90 Å². The SMILES string of the molecule is CS(=O)(=O)Nc1ccc(-c2ccnc3[nH]c(CC(=O)CC4CCCCC4)cc23)cc1.O=C(O)C(F)(F)F. The van der Waals surface area contributed by atoms with E-state index in [9.17, 15) is 26.4 Å². The van der Waals surface area contributed by atoms with Gasteiger partial charge in [-0.2, -0.15) is 13.2 Å². The Balaban J connectivity index is 0.000000479. The van der Waals surface area contributed by atoms with Crippen LogP contribution in [0.25, 0.3) is 22.2 Å². The molecule has 0 unspecified atom stereocenters. The first-order valence-corrected chi connectivity index (χ1v) is 13.6. The van der Waals surface area contributed by atoms with Gasteiger partial charge >= 0.3 is 12.1 Å². The van der Waals surface area contributed by atoms with Crippen molar-refractivity contribution >= 4 is 38.5 Å². The molecule has 0 aliphatic heterocycles. The average Bonchev–Trinajstić information content (AvgIpc) is 3.21. The average molecular weight is 540 g/mol. The van der Waals surface area contributed by atoms with Crippen LogP contribution in [0.15, 0.2) is 42.6 Å². The highest BCUT2D eigenvalue weighted by Gasteiger charge is 2.38. The Hall–Kier alpha value is -3.41. The van der Waals surface area contributed by atoms with E-state index in [2.05, 4.69) is 14.7 Å². The predicted molar refractivity (Wildman–Crippen MR) is 134 cm³/mol. The third kappa shape index (κ3) is 8.59. The summed E-state index contributed by atoms with van der Waals surface area (Å²) in [4.78, 5) is 29.2. The zero-order valence-corrected chi connectivity index (χ0v) is 21.0. The first-order chi connectivity index (χ1) is 17.3. The molecule has 2 aromatic heterocycles. The lowest BCUT2D eigenvalue weighted by molar-refractivity contribution is -0.192. The van der Waals surface area contributed by atoms with Gasteiger partial charge < -0.3 is 10.1 Å². The number of H-pyrrole nitrogens is 1. The molecule has 37 heavy (non-hydrogen) atoms. The predicted octanol–water partition coefficient (Wildman–Crippen LogP) is 5.32. The highest BCUT2D eigenvalue weighted by molar-refractivity contribution is 7.92. The van der Waals surface area contributed by atoms with Crippen LogP contribution in [0.2, 0.25) is 0 Å². The van der Waals surface area contributed by atoms with Crippen molar-refractivity contribution in [2.45, 2.75) is 51.1 Å². The fourth-order valence-corrected chi connectivity index (χ4v) is 4.92. The maximum atomic E-state index is 12.6. The van der Waals surface area contributed by atoms with E-state index in [0.29, 0.717) is 24.4 Å². The molecule has 8 nitrogen and oxygen atoms in total. The highest BCUT2D eigenvalue weighted by atomic mass is 32.2. The first-order valence-electron chi connectivity index (χ1n) is 11.7. The number of alkyl halides is 3. The van der Waals surface area contributed by atoms with E-state index in [0.717, 1.165) is 34.1 Å². The number of hydrogen-bond donors (Lipinski definition) is 3. The molecule has 3 aromatic rings. The van der Waals surface area contributed by atoms with Crippen molar-refractivity contribution in [1.82, 2.24) is 9.97 Å². The number of carbonyl (C=O) groups excluding carboxylic acids is 1. The van der Waals surface area contributed by atoms with Gasteiger partial charge in [-0.05, 0) is 41.3 Å². The van der Waals surface area contributed by atoms with Crippen molar-refractivity contribution < 1.29 is 36.3 Å². The van der Waals surface area contributed by atoms with Crippen LogP contribution in [0.4, 0.5) is 18.9 Å². The normalized spacial score (nSPS) is 14.6. The Morgan fingerprint density at radius 3 is 2.30 bits per heavy atom. The van der Waals surface area contributed by atoms with Gasteiger partial charge in [0.1, 0.15) is 11.4 Å². The van der Waals surface area contributed by atoms with Gasteiger partial charge in [0.2, 0.25) is 10.0 Å². The van der Waals surface area contributed by atoms with Crippen molar-refractivity contribution in [2.24, 2.45) is 5.92 Å². The largest absolute Gasteiger partial charge is 0.490 e. The summed E-state index contributed by atoms with van der Waals surface area (Å²) in [7, 11) is -3.31. The molecule has 0 bridgehead atoms. The van der Waals surface area contributed by atoms with Crippen molar-refractivity contribution in [2.75, 3.05) is 11.0 Å². The second kappa shape index (κ2) is 11.8. The van der Waals surface area contributed by atoms with Crippen molar-refractivity contribution in [3.63, 3.8) is 0 Å². The van der Waals surface area contributed by atoms with E-state index >= 15 is 0 Å². The van der Waals surface area contributed by atoms with Gasteiger partial charge in [0.15, 0.2) is 0 Å². The maximum absolute atomic E-state index is 12.6. The number of benzene rings is 1. The molecule has 3 N–H and O–H groups in total. The number of aromatic amines is 1. The molecule has 200 valence electrons. The van der Waals surface area contributed by atoms with Gasteiger partial charge in [-0.15, -0.1) is 0 Å². The lowest BCUT2D eigenvalue weighted by atomic mass is 9.85. The summed E-state index contributed by atoms with van der Waals surface area (Å²) in [6, 6.07) is 11.2. The fourth-order valence-electron chi connectivity index (χ4n) is 4.36. The topological polar surface area (TPSA) is 129 Å². The monoisotopic (exact) mass is 539 g/mol. The number of nitrogens with zero attached hydrogens (tertiary/aromatic N) is 1. The Labute approximate surface area is 212 Å². The number of hydrogen-bond acceptors (Lipinski definition) is 5. The number of sulfonamides is 1. The maximum Gasteiger partial charge on any atom is 0.490 e. The standard InChI is InChI=1S/C23H27N3O3S.C2HF3O2/c1-30(28,29)26-18-9-7-17(8-10-18)21-11-12-24-23-22(21)15-19(25-23)14-20(27)13-16-5-3-2-4-6-16;3-2(4,5)1(6)7/h7-12,15-16,26H,2-6,13-14H2,1H3,(H,24,25);(H,6,7).